The van der Waals surface area contributed by atoms with Crippen LogP contribution in [-0.2, 0) is 16.1 Å². The molecule has 0 aliphatic carbocycles. The van der Waals surface area contributed by atoms with E-state index in [1.807, 2.05) is 25.1 Å². The third-order valence-electron chi connectivity index (χ3n) is 3.79. The number of amides is 2. The van der Waals surface area contributed by atoms with Crippen LogP contribution in [0.1, 0.15) is 18.1 Å². The molecular weight excluding hydrogens is 352 g/mol. The summed E-state index contributed by atoms with van der Waals surface area (Å²) in [6.45, 7) is 4.79. The topological polar surface area (TPSA) is 58.6 Å². The largest absolute Gasteiger partial charge is 0.484 e. The quantitative estimate of drug-likeness (QED) is 0.772. The smallest absolute Gasteiger partial charge is 0.258 e. The number of aryl methyl sites for hydroxylation is 1. The average Bonchev–Trinajstić information content (AvgIpc) is 2.60. The van der Waals surface area contributed by atoms with Crippen LogP contribution < -0.4 is 10.1 Å². The Bertz CT molecular complexity index is 747. The van der Waals surface area contributed by atoms with E-state index in [2.05, 4.69) is 11.4 Å². The summed E-state index contributed by atoms with van der Waals surface area (Å²) in [5.74, 6) is 0.312. The van der Waals surface area contributed by atoms with E-state index in [4.69, 9.17) is 16.3 Å². The molecule has 6 heteroatoms. The van der Waals surface area contributed by atoms with Crippen molar-refractivity contribution in [2.75, 3.05) is 19.7 Å². The molecule has 138 valence electrons. The fourth-order valence-corrected chi connectivity index (χ4v) is 2.57. The molecule has 26 heavy (non-hydrogen) atoms. The number of nitrogens with zero attached hydrogens (tertiary/aromatic N) is 1. The van der Waals surface area contributed by atoms with Gasteiger partial charge >= 0.3 is 0 Å². The zero-order chi connectivity index (χ0) is 18.9. The van der Waals surface area contributed by atoms with Crippen molar-refractivity contribution in [3.8, 4) is 5.75 Å². The zero-order valence-corrected chi connectivity index (χ0v) is 15.8. The minimum Gasteiger partial charge on any atom is -0.484 e. The first-order valence-electron chi connectivity index (χ1n) is 8.40. The molecule has 2 aromatic carbocycles. The maximum absolute atomic E-state index is 11.9. The molecule has 0 atom stereocenters. The van der Waals surface area contributed by atoms with Gasteiger partial charge in [0.15, 0.2) is 6.61 Å². The van der Waals surface area contributed by atoms with Crippen LogP contribution >= 0.6 is 11.6 Å². The van der Waals surface area contributed by atoms with Crippen molar-refractivity contribution in [1.29, 1.82) is 0 Å². The van der Waals surface area contributed by atoms with Crippen molar-refractivity contribution in [2.24, 2.45) is 0 Å². The summed E-state index contributed by atoms with van der Waals surface area (Å²) in [6.07, 6.45) is 0. The normalized spacial score (nSPS) is 10.3. The molecule has 0 saturated carbocycles. The molecule has 0 bridgehead atoms. The van der Waals surface area contributed by atoms with Crippen molar-refractivity contribution in [2.45, 2.75) is 20.4 Å². The Balaban J connectivity index is 1.75. The van der Waals surface area contributed by atoms with Crippen molar-refractivity contribution < 1.29 is 14.3 Å². The van der Waals surface area contributed by atoms with Crippen LogP contribution in [0.4, 0.5) is 0 Å². The number of halogens is 1. The highest BCUT2D eigenvalue weighted by atomic mass is 35.5. The second-order valence-electron chi connectivity index (χ2n) is 6.02. The van der Waals surface area contributed by atoms with Gasteiger partial charge in [0, 0.05) is 31.6 Å². The summed E-state index contributed by atoms with van der Waals surface area (Å²) in [4.78, 5) is 25.4. The molecule has 0 aromatic heterocycles. The lowest BCUT2D eigenvalue weighted by molar-refractivity contribution is -0.130. The molecule has 2 rings (SSSR count). The maximum atomic E-state index is 11.9. The fraction of sp³-hybridized carbons (Fsp3) is 0.300. The van der Waals surface area contributed by atoms with Crippen LogP contribution in [0.5, 0.6) is 5.75 Å². The van der Waals surface area contributed by atoms with E-state index >= 15 is 0 Å². The molecule has 0 aliphatic rings. The number of carbonyl (C=O) groups is 2. The predicted molar refractivity (Wildman–Crippen MR) is 102 cm³/mol. The summed E-state index contributed by atoms with van der Waals surface area (Å²) in [7, 11) is 0. The monoisotopic (exact) mass is 374 g/mol. The number of benzene rings is 2. The molecule has 1 N–H and O–H groups in total. The van der Waals surface area contributed by atoms with E-state index in [9.17, 15) is 9.59 Å². The lowest BCUT2D eigenvalue weighted by Gasteiger charge is -2.21. The van der Waals surface area contributed by atoms with Gasteiger partial charge in [0.25, 0.3) is 5.91 Å². The number of rotatable bonds is 8. The standard InChI is InChI=1S/C20H23ClN2O3/c1-15-4-3-5-17(12-15)13-23(16(2)24)11-10-22-20(25)14-26-19-8-6-18(21)7-9-19/h3-9,12H,10-11,13-14H2,1-2H3,(H,22,25). The molecule has 0 radical (unpaired) electrons. The van der Waals surface area contributed by atoms with Gasteiger partial charge < -0.3 is 15.0 Å². The SMILES string of the molecule is CC(=O)N(CCNC(=O)COc1ccc(Cl)cc1)Cc1cccc(C)c1. The molecule has 0 heterocycles. The molecule has 2 aromatic rings. The molecule has 0 saturated heterocycles. The van der Waals surface area contributed by atoms with Crippen LogP contribution in [0.15, 0.2) is 48.5 Å². The molecular formula is C20H23ClN2O3. The van der Waals surface area contributed by atoms with Gasteiger partial charge in [-0.15, -0.1) is 0 Å². The van der Waals surface area contributed by atoms with Gasteiger partial charge in [0.05, 0.1) is 0 Å². The Morgan fingerprint density at radius 2 is 1.88 bits per heavy atom. The van der Waals surface area contributed by atoms with Gasteiger partial charge in [-0.05, 0) is 36.8 Å². The minimum absolute atomic E-state index is 0.0295. The van der Waals surface area contributed by atoms with E-state index in [1.165, 1.54) is 6.92 Å². The maximum Gasteiger partial charge on any atom is 0.258 e. The number of carbonyl (C=O) groups excluding carboxylic acids is 2. The molecule has 2 amide bonds. The first-order valence-corrected chi connectivity index (χ1v) is 8.78. The van der Waals surface area contributed by atoms with Gasteiger partial charge in [-0.1, -0.05) is 41.4 Å². The Hall–Kier alpha value is -2.53. The first-order chi connectivity index (χ1) is 12.4. The van der Waals surface area contributed by atoms with E-state index in [-0.39, 0.29) is 18.4 Å². The van der Waals surface area contributed by atoms with Crippen molar-refractivity contribution in [3.63, 3.8) is 0 Å². The second-order valence-corrected chi connectivity index (χ2v) is 6.46. The number of hydrogen-bond donors (Lipinski definition) is 1. The van der Waals surface area contributed by atoms with E-state index in [0.29, 0.717) is 30.4 Å². The Kier molecular flexibility index (Phi) is 7.48. The van der Waals surface area contributed by atoms with Crippen molar-refractivity contribution in [3.05, 3.63) is 64.7 Å². The van der Waals surface area contributed by atoms with Crippen molar-refractivity contribution >= 4 is 23.4 Å². The lowest BCUT2D eigenvalue weighted by Crippen LogP contribution is -2.38. The highest BCUT2D eigenvalue weighted by Crippen LogP contribution is 2.15. The van der Waals surface area contributed by atoms with Crippen LogP contribution in [0.3, 0.4) is 0 Å². The van der Waals surface area contributed by atoms with E-state index in [1.54, 1.807) is 29.2 Å². The average molecular weight is 375 g/mol. The van der Waals surface area contributed by atoms with Crippen LogP contribution in [0, 0.1) is 6.92 Å². The molecule has 5 nitrogen and oxygen atoms in total. The van der Waals surface area contributed by atoms with Crippen molar-refractivity contribution in [1.82, 2.24) is 10.2 Å². The molecule has 0 fully saturated rings. The highest BCUT2D eigenvalue weighted by Gasteiger charge is 2.10. The first kappa shape index (κ1) is 19.8. The predicted octanol–water partition coefficient (Wildman–Crippen LogP) is 3.19. The summed E-state index contributed by atoms with van der Waals surface area (Å²) in [5, 5.41) is 3.37. The third-order valence-corrected chi connectivity index (χ3v) is 4.04. The summed E-state index contributed by atoms with van der Waals surface area (Å²) in [6, 6.07) is 14.8. The molecule has 0 unspecified atom stereocenters. The lowest BCUT2D eigenvalue weighted by atomic mass is 10.1. The van der Waals surface area contributed by atoms with Crippen LogP contribution in [0.2, 0.25) is 5.02 Å². The Morgan fingerprint density at radius 1 is 1.15 bits per heavy atom. The van der Waals surface area contributed by atoms with Gasteiger partial charge in [0.1, 0.15) is 5.75 Å². The molecule has 0 aliphatic heterocycles. The summed E-state index contributed by atoms with van der Waals surface area (Å²) >= 11 is 5.80. The Morgan fingerprint density at radius 3 is 2.54 bits per heavy atom. The van der Waals surface area contributed by atoms with E-state index < -0.39 is 0 Å². The highest BCUT2D eigenvalue weighted by molar-refractivity contribution is 6.30. The number of hydrogen-bond acceptors (Lipinski definition) is 3. The Labute approximate surface area is 158 Å². The second kappa shape index (κ2) is 9.82. The summed E-state index contributed by atoms with van der Waals surface area (Å²) in [5.41, 5.74) is 2.22. The third kappa shape index (κ3) is 6.76. The van der Waals surface area contributed by atoms with Gasteiger partial charge in [-0.3, -0.25) is 9.59 Å². The van der Waals surface area contributed by atoms with Crippen LogP contribution in [-0.4, -0.2) is 36.4 Å². The summed E-state index contributed by atoms with van der Waals surface area (Å²) < 4.78 is 5.39. The minimum atomic E-state index is -0.237. The zero-order valence-electron chi connectivity index (χ0n) is 15.0. The van der Waals surface area contributed by atoms with Crippen LogP contribution in [0.25, 0.3) is 0 Å². The van der Waals surface area contributed by atoms with E-state index in [0.717, 1.165) is 11.1 Å². The number of nitrogens with one attached hydrogen (secondary N) is 1. The number of ether oxygens (including phenoxy) is 1. The molecule has 0 spiro atoms. The van der Waals surface area contributed by atoms with Gasteiger partial charge in [0.2, 0.25) is 5.91 Å². The van der Waals surface area contributed by atoms with Gasteiger partial charge in [-0.2, -0.15) is 0 Å². The fourth-order valence-electron chi connectivity index (χ4n) is 2.44. The van der Waals surface area contributed by atoms with Gasteiger partial charge in [-0.25, -0.2) is 0 Å².